The van der Waals surface area contributed by atoms with Gasteiger partial charge in [-0.05, 0) is 19.3 Å². The summed E-state index contributed by atoms with van der Waals surface area (Å²) in [6, 6.07) is -0.556. The SMILES string of the molecule is CC(=O)NC(C)C(=O)OCCC(C)C. The monoisotopic (exact) mass is 201 g/mol. The number of esters is 1. The van der Waals surface area contributed by atoms with Crippen molar-refractivity contribution in [2.45, 2.75) is 40.2 Å². The van der Waals surface area contributed by atoms with E-state index in [0.29, 0.717) is 12.5 Å². The Morgan fingerprint density at radius 2 is 1.86 bits per heavy atom. The molecule has 0 aliphatic heterocycles. The molecule has 0 saturated heterocycles. The maximum Gasteiger partial charge on any atom is 0.328 e. The fourth-order valence-electron chi connectivity index (χ4n) is 0.884. The van der Waals surface area contributed by atoms with Gasteiger partial charge in [0.2, 0.25) is 5.91 Å². The first-order chi connectivity index (χ1) is 6.43. The number of hydrogen-bond acceptors (Lipinski definition) is 3. The van der Waals surface area contributed by atoms with Crippen LogP contribution >= 0.6 is 0 Å². The quantitative estimate of drug-likeness (QED) is 0.678. The first kappa shape index (κ1) is 12.9. The lowest BCUT2D eigenvalue weighted by atomic mass is 10.1. The van der Waals surface area contributed by atoms with Crippen LogP contribution in [0.3, 0.4) is 0 Å². The fraction of sp³-hybridized carbons (Fsp3) is 0.800. The highest BCUT2D eigenvalue weighted by Gasteiger charge is 2.14. The van der Waals surface area contributed by atoms with Gasteiger partial charge < -0.3 is 10.1 Å². The zero-order chi connectivity index (χ0) is 11.1. The summed E-state index contributed by atoms with van der Waals surface area (Å²) < 4.78 is 4.96. The van der Waals surface area contributed by atoms with Crippen LogP contribution in [0.15, 0.2) is 0 Å². The minimum absolute atomic E-state index is 0.224. The van der Waals surface area contributed by atoms with Crippen LogP contribution in [0.2, 0.25) is 0 Å². The third-order valence-corrected chi connectivity index (χ3v) is 1.71. The molecule has 0 aromatic carbocycles. The summed E-state index contributed by atoms with van der Waals surface area (Å²) in [5.74, 6) is -0.0852. The molecule has 1 unspecified atom stereocenters. The Kier molecular flexibility index (Phi) is 5.92. The molecule has 4 nitrogen and oxygen atoms in total. The van der Waals surface area contributed by atoms with Gasteiger partial charge in [0.25, 0.3) is 0 Å². The van der Waals surface area contributed by atoms with E-state index in [1.54, 1.807) is 6.92 Å². The summed E-state index contributed by atoms with van der Waals surface area (Å²) in [4.78, 5) is 21.8. The van der Waals surface area contributed by atoms with Gasteiger partial charge in [-0.3, -0.25) is 4.79 Å². The summed E-state index contributed by atoms with van der Waals surface area (Å²) >= 11 is 0. The Bertz CT molecular complexity index is 202. The molecule has 0 bridgehead atoms. The summed E-state index contributed by atoms with van der Waals surface area (Å²) in [6.45, 7) is 7.52. The number of hydrogen-bond donors (Lipinski definition) is 1. The van der Waals surface area contributed by atoms with Gasteiger partial charge in [-0.2, -0.15) is 0 Å². The van der Waals surface area contributed by atoms with Gasteiger partial charge >= 0.3 is 5.97 Å². The lowest BCUT2D eigenvalue weighted by molar-refractivity contribution is -0.147. The van der Waals surface area contributed by atoms with Crippen LogP contribution in [0.1, 0.15) is 34.1 Å². The normalized spacial score (nSPS) is 12.4. The van der Waals surface area contributed by atoms with Crippen LogP contribution in [0, 0.1) is 5.92 Å². The van der Waals surface area contributed by atoms with Gasteiger partial charge in [0, 0.05) is 6.92 Å². The first-order valence-corrected chi connectivity index (χ1v) is 4.87. The van der Waals surface area contributed by atoms with Crippen molar-refractivity contribution in [3.8, 4) is 0 Å². The average Bonchev–Trinajstić information content (AvgIpc) is 2.01. The minimum Gasteiger partial charge on any atom is -0.464 e. The number of carbonyl (C=O) groups excluding carboxylic acids is 2. The second-order valence-electron chi connectivity index (χ2n) is 3.77. The van der Waals surface area contributed by atoms with Crippen LogP contribution in [-0.2, 0) is 14.3 Å². The molecule has 0 spiro atoms. The predicted molar refractivity (Wildman–Crippen MR) is 53.7 cm³/mol. The number of ether oxygens (including phenoxy) is 1. The molecule has 1 amide bonds. The molecular weight excluding hydrogens is 182 g/mol. The molecule has 14 heavy (non-hydrogen) atoms. The van der Waals surface area contributed by atoms with Crippen LogP contribution in [0.5, 0.6) is 0 Å². The van der Waals surface area contributed by atoms with Crippen molar-refractivity contribution in [3.63, 3.8) is 0 Å². The highest BCUT2D eigenvalue weighted by atomic mass is 16.5. The van der Waals surface area contributed by atoms with Crippen molar-refractivity contribution in [2.24, 2.45) is 5.92 Å². The zero-order valence-corrected chi connectivity index (χ0v) is 9.29. The van der Waals surface area contributed by atoms with E-state index in [0.717, 1.165) is 6.42 Å². The number of rotatable bonds is 5. The van der Waals surface area contributed by atoms with Crippen LogP contribution < -0.4 is 5.32 Å². The molecule has 0 aromatic heterocycles. The van der Waals surface area contributed by atoms with Crippen molar-refractivity contribution in [3.05, 3.63) is 0 Å². The lowest BCUT2D eigenvalue weighted by Crippen LogP contribution is -2.38. The van der Waals surface area contributed by atoms with Crippen molar-refractivity contribution in [1.82, 2.24) is 5.32 Å². The Morgan fingerprint density at radius 1 is 1.29 bits per heavy atom. The molecule has 0 radical (unpaired) electrons. The van der Waals surface area contributed by atoms with E-state index >= 15 is 0 Å². The van der Waals surface area contributed by atoms with Crippen molar-refractivity contribution in [2.75, 3.05) is 6.61 Å². The Hall–Kier alpha value is -1.06. The molecule has 0 saturated carbocycles. The van der Waals surface area contributed by atoms with Gasteiger partial charge in [0.15, 0.2) is 0 Å². The lowest BCUT2D eigenvalue weighted by Gasteiger charge is -2.12. The molecule has 0 fully saturated rings. The van der Waals surface area contributed by atoms with E-state index in [2.05, 4.69) is 19.2 Å². The maximum absolute atomic E-state index is 11.2. The molecule has 0 aliphatic carbocycles. The maximum atomic E-state index is 11.2. The number of carbonyl (C=O) groups is 2. The third kappa shape index (κ3) is 6.46. The summed E-state index contributed by atoms with van der Waals surface area (Å²) in [5.41, 5.74) is 0. The van der Waals surface area contributed by atoms with E-state index in [1.807, 2.05) is 0 Å². The summed E-state index contributed by atoms with van der Waals surface area (Å²) in [7, 11) is 0. The first-order valence-electron chi connectivity index (χ1n) is 4.87. The predicted octanol–water partition coefficient (Wildman–Crippen LogP) is 1.10. The molecule has 0 aliphatic rings. The Labute approximate surface area is 85.0 Å². The number of nitrogens with one attached hydrogen (secondary N) is 1. The topological polar surface area (TPSA) is 55.4 Å². The Morgan fingerprint density at radius 3 is 2.29 bits per heavy atom. The Balaban J connectivity index is 3.67. The van der Waals surface area contributed by atoms with Crippen LogP contribution in [0.25, 0.3) is 0 Å². The smallest absolute Gasteiger partial charge is 0.328 e. The zero-order valence-electron chi connectivity index (χ0n) is 9.29. The average molecular weight is 201 g/mol. The van der Waals surface area contributed by atoms with Crippen molar-refractivity contribution < 1.29 is 14.3 Å². The highest BCUT2D eigenvalue weighted by Crippen LogP contribution is 1.99. The molecule has 0 rings (SSSR count). The minimum atomic E-state index is -0.556. The third-order valence-electron chi connectivity index (χ3n) is 1.71. The molecule has 4 heteroatoms. The van der Waals surface area contributed by atoms with E-state index in [-0.39, 0.29) is 11.9 Å². The molecule has 0 heterocycles. The second-order valence-corrected chi connectivity index (χ2v) is 3.77. The van der Waals surface area contributed by atoms with Crippen molar-refractivity contribution in [1.29, 1.82) is 0 Å². The van der Waals surface area contributed by atoms with Gasteiger partial charge in [0.05, 0.1) is 6.61 Å². The summed E-state index contributed by atoms with van der Waals surface area (Å²) in [6.07, 6.45) is 0.846. The standard InChI is InChI=1S/C10H19NO3/c1-7(2)5-6-14-10(13)8(3)11-9(4)12/h7-8H,5-6H2,1-4H3,(H,11,12). The van der Waals surface area contributed by atoms with Gasteiger partial charge in [-0.1, -0.05) is 13.8 Å². The van der Waals surface area contributed by atoms with E-state index in [1.165, 1.54) is 6.92 Å². The second kappa shape index (κ2) is 6.40. The molecule has 1 atom stereocenters. The van der Waals surface area contributed by atoms with E-state index in [4.69, 9.17) is 4.74 Å². The van der Waals surface area contributed by atoms with E-state index < -0.39 is 6.04 Å². The van der Waals surface area contributed by atoms with E-state index in [9.17, 15) is 9.59 Å². The van der Waals surface area contributed by atoms with Gasteiger partial charge in [-0.25, -0.2) is 4.79 Å². The van der Waals surface area contributed by atoms with Crippen LogP contribution in [0.4, 0.5) is 0 Å². The molecular formula is C10H19NO3. The van der Waals surface area contributed by atoms with Gasteiger partial charge in [0.1, 0.15) is 6.04 Å². The van der Waals surface area contributed by atoms with Crippen molar-refractivity contribution >= 4 is 11.9 Å². The molecule has 1 N–H and O–H groups in total. The van der Waals surface area contributed by atoms with Gasteiger partial charge in [-0.15, -0.1) is 0 Å². The fourth-order valence-corrected chi connectivity index (χ4v) is 0.884. The van der Waals surface area contributed by atoms with Crippen LogP contribution in [-0.4, -0.2) is 24.5 Å². The highest BCUT2D eigenvalue weighted by molar-refractivity contribution is 5.82. The largest absolute Gasteiger partial charge is 0.464 e. The molecule has 82 valence electrons. The molecule has 0 aromatic rings. The summed E-state index contributed by atoms with van der Waals surface area (Å²) in [5, 5.41) is 2.47. The number of amides is 1.